The van der Waals surface area contributed by atoms with Gasteiger partial charge >= 0.3 is 0 Å². The first kappa shape index (κ1) is 12.0. The second-order valence-corrected chi connectivity index (χ2v) is 4.08. The van der Waals surface area contributed by atoms with E-state index >= 15 is 0 Å². The smallest absolute Gasteiger partial charge is 0.0242 e. The fraction of sp³-hybridized carbons (Fsp3) is 0.467. The lowest BCUT2D eigenvalue weighted by Crippen LogP contribution is -1.97. The molecule has 0 atom stereocenters. The van der Waals surface area contributed by atoms with Crippen LogP contribution in [-0.2, 0) is 19.3 Å². The Labute approximate surface area is 94.0 Å². The van der Waals surface area contributed by atoms with Gasteiger partial charge < -0.3 is 0 Å². The summed E-state index contributed by atoms with van der Waals surface area (Å²) in [4.78, 5) is 0. The summed E-state index contributed by atoms with van der Waals surface area (Å²) in [7, 11) is 0. The quantitative estimate of drug-likeness (QED) is 0.626. The molecule has 15 heavy (non-hydrogen) atoms. The molecule has 1 aromatic rings. The zero-order valence-corrected chi connectivity index (χ0v) is 10.3. The predicted molar refractivity (Wildman–Crippen MR) is 68.5 cm³/mol. The van der Waals surface area contributed by atoms with Gasteiger partial charge in [0.05, 0.1) is 0 Å². The maximum atomic E-state index is 3.78. The maximum Gasteiger partial charge on any atom is -0.0242 e. The van der Waals surface area contributed by atoms with Crippen molar-refractivity contribution in [3.05, 3.63) is 47.0 Å². The predicted octanol–water partition coefficient (Wildman–Crippen LogP) is 4.24. The van der Waals surface area contributed by atoms with E-state index < -0.39 is 0 Å². The third-order valence-corrected chi connectivity index (χ3v) is 3.04. The first-order chi connectivity index (χ1) is 7.22. The molecular weight excluding hydrogens is 180 g/mol. The average molecular weight is 202 g/mol. The Morgan fingerprint density at radius 3 is 2.20 bits per heavy atom. The van der Waals surface area contributed by atoms with Crippen molar-refractivity contribution in [2.45, 2.75) is 46.5 Å². The number of allylic oxidation sites excluding steroid dienone is 1. The van der Waals surface area contributed by atoms with Crippen molar-refractivity contribution in [2.75, 3.05) is 0 Å². The van der Waals surface area contributed by atoms with E-state index in [1.807, 2.05) is 6.08 Å². The van der Waals surface area contributed by atoms with Gasteiger partial charge in [-0.3, -0.25) is 0 Å². The van der Waals surface area contributed by atoms with E-state index in [0.717, 1.165) is 25.7 Å². The summed E-state index contributed by atoms with van der Waals surface area (Å²) in [5, 5.41) is 0. The van der Waals surface area contributed by atoms with Crippen molar-refractivity contribution in [1.82, 2.24) is 0 Å². The largest absolute Gasteiger partial charge is 0.103 e. The van der Waals surface area contributed by atoms with Crippen LogP contribution in [0.2, 0.25) is 0 Å². The number of hydrogen-bond donors (Lipinski definition) is 0. The molecule has 1 aromatic carbocycles. The first-order valence-corrected chi connectivity index (χ1v) is 5.95. The Morgan fingerprint density at radius 1 is 1.07 bits per heavy atom. The molecule has 0 N–H and O–H groups in total. The van der Waals surface area contributed by atoms with E-state index in [1.54, 1.807) is 0 Å². The summed E-state index contributed by atoms with van der Waals surface area (Å²) in [5.74, 6) is 0. The van der Waals surface area contributed by atoms with Crippen molar-refractivity contribution in [3.63, 3.8) is 0 Å². The summed E-state index contributed by atoms with van der Waals surface area (Å²) in [6.45, 7) is 10.5. The van der Waals surface area contributed by atoms with E-state index in [-0.39, 0.29) is 0 Å². The maximum absolute atomic E-state index is 3.78. The summed E-state index contributed by atoms with van der Waals surface area (Å²) < 4.78 is 0. The highest BCUT2D eigenvalue weighted by atomic mass is 14.1. The molecule has 0 heterocycles. The molecule has 0 aliphatic carbocycles. The Balaban J connectivity index is 3.02. The molecule has 0 spiro atoms. The third-order valence-electron chi connectivity index (χ3n) is 3.04. The molecule has 0 aromatic heterocycles. The molecular formula is C15H22. The standard InChI is InChI=1S/C15H22/c1-5-8-9-15-11-14(7-3)13(6-2)10-12(15)4/h5,10-11H,1,6-9H2,2-4H3. The monoisotopic (exact) mass is 202 g/mol. The highest BCUT2D eigenvalue weighted by Gasteiger charge is 2.04. The van der Waals surface area contributed by atoms with Gasteiger partial charge in [0.15, 0.2) is 0 Å². The van der Waals surface area contributed by atoms with Gasteiger partial charge in [0, 0.05) is 0 Å². The van der Waals surface area contributed by atoms with Gasteiger partial charge in [-0.1, -0.05) is 32.1 Å². The van der Waals surface area contributed by atoms with E-state index in [4.69, 9.17) is 0 Å². The lowest BCUT2D eigenvalue weighted by atomic mass is 9.94. The second kappa shape index (κ2) is 5.75. The Morgan fingerprint density at radius 2 is 1.67 bits per heavy atom. The van der Waals surface area contributed by atoms with E-state index in [0.29, 0.717) is 0 Å². The molecule has 0 saturated heterocycles. The van der Waals surface area contributed by atoms with Gasteiger partial charge in [0.2, 0.25) is 0 Å². The minimum absolute atomic E-state index is 1.08. The molecule has 82 valence electrons. The van der Waals surface area contributed by atoms with Gasteiger partial charge in [0.25, 0.3) is 0 Å². The summed E-state index contributed by atoms with van der Waals surface area (Å²) in [6, 6.07) is 4.74. The number of rotatable bonds is 5. The second-order valence-electron chi connectivity index (χ2n) is 4.08. The van der Waals surface area contributed by atoms with Crippen LogP contribution >= 0.6 is 0 Å². The minimum Gasteiger partial charge on any atom is -0.103 e. The fourth-order valence-corrected chi connectivity index (χ4v) is 2.05. The van der Waals surface area contributed by atoms with Gasteiger partial charge in [-0.15, -0.1) is 6.58 Å². The number of benzene rings is 1. The van der Waals surface area contributed by atoms with Crippen LogP contribution in [0.1, 0.15) is 42.5 Å². The first-order valence-electron chi connectivity index (χ1n) is 5.95. The van der Waals surface area contributed by atoms with Crippen LogP contribution in [0.25, 0.3) is 0 Å². The van der Waals surface area contributed by atoms with E-state index in [2.05, 4.69) is 39.5 Å². The highest BCUT2D eigenvalue weighted by Crippen LogP contribution is 2.19. The van der Waals surface area contributed by atoms with Crippen LogP contribution in [0, 0.1) is 6.92 Å². The lowest BCUT2D eigenvalue weighted by Gasteiger charge is -2.12. The van der Waals surface area contributed by atoms with Crippen molar-refractivity contribution in [1.29, 1.82) is 0 Å². The minimum atomic E-state index is 1.08. The summed E-state index contributed by atoms with van der Waals surface area (Å²) in [6.07, 6.45) is 6.50. The molecule has 0 aliphatic heterocycles. The molecule has 0 nitrogen and oxygen atoms in total. The molecule has 0 fully saturated rings. The zero-order chi connectivity index (χ0) is 11.3. The van der Waals surface area contributed by atoms with Gasteiger partial charge in [-0.25, -0.2) is 0 Å². The molecule has 0 unspecified atom stereocenters. The number of hydrogen-bond acceptors (Lipinski definition) is 0. The number of aryl methyl sites for hydroxylation is 4. The topological polar surface area (TPSA) is 0 Å². The van der Waals surface area contributed by atoms with Gasteiger partial charge in [0.1, 0.15) is 0 Å². The van der Waals surface area contributed by atoms with Crippen LogP contribution in [0.3, 0.4) is 0 Å². The molecule has 0 aliphatic rings. The van der Waals surface area contributed by atoms with E-state index in [9.17, 15) is 0 Å². The summed E-state index contributed by atoms with van der Waals surface area (Å²) in [5.41, 5.74) is 5.95. The van der Waals surface area contributed by atoms with Crippen LogP contribution in [-0.4, -0.2) is 0 Å². The Kier molecular flexibility index (Phi) is 4.61. The van der Waals surface area contributed by atoms with Crippen molar-refractivity contribution < 1.29 is 0 Å². The van der Waals surface area contributed by atoms with Gasteiger partial charge in [-0.2, -0.15) is 0 Å². The van der Waals surface area contributed by atoms with Crippen molar-refractivity contribution >= 4 is 0 Å². The third kappa shape index (κ3) is 2.95. The molecule has 0 heteroatoms. The Hall–Kier alpha value is -1.04. The highest BCUT2D eigenvalue weighted by molar-refractivity contribution is 5.38. The molecule has 0 bridgehead atoms. The van der Waals surface area contributed by atoms with Crippen LogP contribution in [0.4, 0.5) is 0 Å². The van der Waals surface area contributed by atoms with Crippen molar-refractivity contribution in [2.24, 2.45) is 0 Å². The molecule has 0 saturated carbocycles. The molecule has 1 rings (SSSR count). The van der Waals surface area contributed by atoms with Crippen LogP contribution in [0.15, 0.2) is 24.8 Å². The molecule has 0 radical (unpaired) electrons. The summed E-state index contributed by atoms with van der Waals surface area (Å²) >= 11 is 0. The molecule has 0 amide bonds. The van der Waals surface area contributed by atoms with Crippen LogP contribution < -0.4 is 0 Å². The lowest BCUT2D eigenvalue weighted by molar-refractivity contribution is 0.958. The fourth-order valence-electron chi connectivity index (χ4n) is 2.05. The van der Waals surface area contributed by atoms with Crippen molar-refractivity contribution in [3.8, 4) is 0 Å². The van der Waals surface area contributed by atoms with Gasteiger partial charge in [-0.05, 0) is 54.9 Å². The SMILES string of the molecule is C=CCCc1cc(CC)c(CC)cc1C. The van der Waals surface area contributed by atoms with Crippen LogP contribution in [0.5, 0.6) is 0 Å². The average Bonchev–Trinajstić information content (AvgIpc) is 2.27. The Bertz CT molecular complexity index is 334. The normalized spacial score (nSPS) is 10.3. The van der Waals surface area contributed by atoms with E-state index in [1.165, 1.54) is 22.3 Å². The zero-order valence-electron chi connectivity index (χ0n) is 10.3.